The number of primary amides is 1. The minimum Gasteiger partial charge on any atom is -0.481 e. The van der Waals surface area contributed by atoms with E-state index in [2.05, 4.69) is 0 Å². The van der Waals surface area contributed by atoms with Gasteiger partial charge in [-0.25, -0.2) is 4.39 Å². The van der Waals surface area contributed by atoms with Gasteiger partial charge < -0.3 is 15.7 Å². The third-order valence-corrected chi connectivity index (χ3v) is 3.56. The molecule has 0 aliphatic carbocycles. The Hall–Kier alpha value is -2.44. The topological polar surface area (TPSA) is 101 Å². The van der Waals surface area contributed by atoms with E-state index in [0.29, 0.717) is 5.56 Å². The first-order valence-electron chi connectivity index (χ1n) is 6.44. The Morgan fingerprint density at radius 3 is 2.48 bits per heavy atom. The summed E-state index contributed by atoms with van der Waals surface area (Å²) in [6.07, 6.45) is -0.338. The van der Waals surface area contributed by atoms with E-state index < -0.39 is 29.7 Å². The second-order valence-corrected chi connectivity index (χ2v) is 5.01. The number of nitrogens with two attached hydrogens (primary N) is 1. The van der Waals surface area contributed by atoms with Gasteiger partial charge in [-0.05, 0) is 17.7 Å². The molecule has 2 amide bonds. The van der Waals surface area contributed by atoms with E-state index in [0.717, 1.165) is 0 Å². The zero-order chi connectivity index (χ0) is 15.6. The highest BCUT2D eigenvalue weighted by atomic mass is 19.1. The number of nitrogens with zero attached hydrogens (tertiary/aromatic N) is 1. The largest absolute Gasteiger partial charge is 0.481 e. The summed E-state index contributed by atoms with van der Waals surface area (Å²) in [6, 6.07) is 4.55. The third kappa shape index (κ3) is 3.36. The van der Waals surface area contributed by atoms with Gasteiger partial charge in [0.2, 0.25) is 11.8 Å². The molecule has 112 valence electrons. The summed E-state index contributed by atoms with van der Waals surface area (Å²) in [4.78, 5) is 35.6. The summed E-state index contributed by atoms with van der Waals surface area (Å²) in [6.45, 7) is 0.0868. The van der Waals surface area contributed by atoms with Crippen LogP contribution in [0.5, 0.6) is 0 Å². The smallest absolute Gasteiger partial charge is 0.305 e. The number of rotatable bonds is 5. The molecular weight excluding hydrogens is 279 g/mol. The maximum atomic E-state index is 13.0. The van der Waals surface area contributed by atoms with Gasteiger partial charge in [-0.3, -0.25) is 14.4 Å². The Morgan fingerprint density at radius 1 is 1.38 bits per heavy atom. The fourth-order valence-corrected chi connectivity index (χ4v) is 2.48. The summed E-state index contributed by atoms with van der Waals surface area (Å²) in [5, 5.41) is 9.02. The highest BCUT2D eigenvalue weighted by Crippen LogP contribution is 2.31. The number of likely N-dealkylation sites (tertiary alicyclic amines) is 1. The molecule has 21 heavy (non-hydrogen) atoms. The first-order chi connectivity index (χ1) is 9.88. The monoisotopic (exact) mass is 294 g/mol. The first-order valence-corrected chi connectivity index (χ1v) is 6.44. The van der Waals surface area contributed by atoms with Crippen LogP contribution in [0.2, 0.25) is 0 Å². The Kier molecular flexibility index (Phi) is 4.21. The molecular formula is C14H15FN2O4. The molecule has 1 fully saturated rings. The van der Waals surface area contributed by atoms with Crippen LogP contribution in [0.4, 0.5) is 4.39 Å². The van der Waals surface area contributed by atoms with Crippen LogP contribution in [0.1, 0.15) is 24.4 Å². The van der Waals surface area contributed by atoms with Crippen LogP contribution in [0.25, 0.3) is 0 Å². The van der Waals surface area contributed by atoms with Crippen molar-refractivity contribution in [2.75, 3.05) is 6.54 Å². The van der Waals surface area contributed by atoms with Crippen molar-refractivity contribution in [3.05, 3.63) is 35.6 Å². The zero-order valence-corrected chi connectivity index (χ0v) is 11.2. The Bertz CT molecular complexity index is 573. The van der Waals surface area contributed by atoms with Gasteiger partial charge in [-0.15, -0.1) is 0 Å². The fraction of sp³-hybridized carbons (Fsp3) is 0.357. The molecule has 2 unspecified atom stereocenters. The van der Waals surface area contributed by atoms with E-state index in [-0.39, 0.29) is 25.3 Å². The van der Waals surface area contributed by atoms with Gasteiger partial charge >= 0.3 is 5.97 Å². The number of carbonyl (C=O) groups excluding carboxylic acids is 2. The number of aliphatic carboxylic acids is 1. The van der Waals surface area contributed by atoms with Crippen molar-refractivity contribution in [3.8, 4) is 0 Å². The second kappa shape index (κ2) is 5.90. The van der Waals surface area contributed by atoms with Crippen molar-refractivity contribution in [2.45, 2.75) is 18.9 Å². The fourth-order valence-electron chi connectivity index (χ4n) is 2.48. The average Bonchev–Trinajstić information content (AvgIpc) is 2.79. The SMILES string of the molecule is NC(=O)C1CC(=O)N(C(CC(=O)O)c2ccc(F)cc2)C1. The van der Waals surface area contributed by atoms with Crippen LogP contribution in [-0.4, -0.2) is 34.3 Å². The number of benzene rings is 1. The van der Waals surface area contributed by atoms with E-state index in [1.165, 1.54) is 29.2 Å². The molecule has 0 bridgehead atoms. The third-order valence-electron chi connectivity index (χ3n) is 3.56. The van der Waals surface area contributed by atoms with E-state index in [9.17, 15) is 18.8 Å². The van der Waals surface area contributed by atoms with Crippen molar-refractivity contribution in [1.29, 1.82) is 0 Å². The standard InChI is InChI=1S/C14H15FN2O4/c15-10-3-1-8(2-4-10)11(6-13(19)20)17-7-9(14(16)21)5-12(17)18/h1-4,9,11H,5-7H2,(H2,16,21)(H,19,20). The molecule has 2 rings (SSSR count). The van der Waals surface area contributed by atoms with Crippen LogP contribution in [0.3, 0.4) is 0 Å². The molecule has 7 heteroatoms. The van der Waals surface area contributed by atoms with E-state index >= 15 is 0 Å². The minimum absolute atomic E-state index is 0.0212. The van der Waals surface area contributed by atoms with Crippen LogP contribution in [0, 0.1) is 11.7 Å². The van der Waals surface area contributed by atoms with E-state index in [1.807, 2.05) is 0 Å². The number of carbonyl (C=O) groups is 3. The Balaban J connectivity index is 2.28. The molecule has 0 spiro atoms. The van der Waals surface area contributed by atoms with Crippen LogP contribution < -0.4 is 5.73 Å². The lowest BCUT2D eigenvalue weighted by Crippen LogP contribution is -2.33. The molecule has 3 N–H and O–H groups in total. The summed E-state index contributed by atoms with van der Waals surface area (Å²) in [7, 11) is 0. The van der Waals surface area contributed by atoms with Crippen molar-refractivity contribution >= 4 is 17.8 Å². The van der Waals surface area contributed by atoms with Gasteiger partial charge in [-0.2, -0.15) is 0 Å². The van der Waals surface area contributed by atoms with Gasteiger partial charge in [0.25, 0.3) is 0 Å². The van der Waals surface area contributed by atoms with Crippen LogP contribution >= 0.6 is 0 Å². The first kappa shape index (κ1) is 15.0. The molecule has 1 saturated heterocycles. The van der Waals surface area contributed by atoms with E-state index in [4.69, 9.17) is 10.8 Å². The summed E-state index contributed by atoms with van der Waals surface area (Å²) < 4.78 is 13.0. The molecule has 1 heterocycles. The number of carboxylic acids is 1. The minimum atomic E-state index is -1.08. The molecule has 2 atom stereocenters. The zero-order valence-electron chi connectivity index (χ0n) is 11.2. The molecule has 6 nitrogen and oxygen atoms in total. The van der Waals surface area contributed by atoms with Crippen molar-refractivity contribution in [1.82, 2.24) is 4.90 Å². The average molecular weight is 294 g/mol. The molecule has 0 saturated carbocycles. The molecule has 1 aliphatic heterocycles. The lowest BCUT2D eigenvalue weighted by atomic mass is 10.0. The summed E-state index contributed by atoms with van der Waals surface area (Å²) >= 11 is 0. The molecule has 1 aromatic carbocycles. The highest BCUT2D eigenvalue weighted by Gasteiger charge is 2.38. The van der Waals surface area contributed by atoms with Gasteiger partial charge in [0.05, 0.1) is 18.4 Å². The maximum Gasteiger partial charge on any atom is 0.305 e. The Labute approximate surface area is 120 Å². The highest BCUT2D eigenvalue weighted by molar-refractivity contribution is 5.89. The quantitative estimate of drug-likeness (QED) is 0.833. The van der Waals surface area contributed by atoms with Crippen LogP contribution in [-0.2, 0) is 14.4 Å². The second-order valence-electron chi connectivity index (χ2n) is 5.01. The number of hydrogen-bond donors (Lipinski definition) is 2. The number of hydrogen-bond acceptors (Lipinski definition) is 3. The van der Waals surface area contributed by atoms with Gasteiger partial charge in [0.15, 0.2) is 0 Å². The predicted octanol–water partition coefficient (Wildman–Crippen LogP) is 0.675. The van der Waals surface area contributed by atoms with Gasteiger partial charge in [0.1, 0.15) is 5.82 Å². The Morgan fingerprint density at radius 2 is 2.00 bits per heavy atom. The van der Waals surface area contributed by atoms with E-state index in [1.54, 1.807) is 0 Å². The van der Waals surface area contributed by atoms with Gasteiger partial charge in [0, 0.05) is 13.0 Å². The number of amides is 2. The molecule has 1 aromatic rings. The van der Waals surface area contributed by atoms with Crippen LogP contribution in [0.15, 0.2) is 24.3 Å². The number of carboxylic acid groups (broad SMARTS) is 1. The molecule has 1 aliphatic rings. The normalized spacial score (nSPS) is 19.6. The van der Waals surface area contributed by atoms with Crippen molar-refractivity contribution in [2.24, 2.45) is 11.7 Å². The summed E-state index contributed by atoms with van der Waals surface area (Å²) in [5.41, 5.74) is 5.71. The number of halogens is 1. The lowest BCUT2D eigenvalue weighted by molar-refractivity contribution is -0.139. The lowest BCUT2D eigenvalue weighted by Gasteiger charge is -2.27. The molecule has 0 aromatic heterocycles. The van der Waals surface area contributed by atoms with Gasteiger partial charge in [-0.1, -0.05) is 12.1 Å². The van der Waals surface area contributed by atoms with Crippen molar-refractivity contribution < 1.29 is 23.9 Å². The summed E-state index contributed by atoms with van der Waals surface area (Å²) in [5.74, 6) is -3.06. The molecule has 0 radical (unpaired) electrons. The predicted molar refractivity (Wildman–Crippen MR) is 70.4 cm³/mol. The maximum absolute atomic E-state index is 13.0. The van der Waals surface area contributed by atoms with Crippen molar-refractivity contribution in [3.63, 3.8) is 0 Å².